The maximum absolute atomic E-state index is 11.9. The first kappa shape index (κ1) is 16.4. The normalized spacial score (nSPS) is 10.1. The Bertz CT molecular complexity index is 693. The van der Waals surface area contributed by atoms with Crippen LogP contribution in [0.1, 0.15) is 28.8 Å². The average Bonchev–Trinajstić information content (AvgIpc) is 2.55. The molecule has 0 spiro atoms. The summed E-state index contributed by atoms with van der Waals surface area (Å²) in [5.41, 5.74) is 1.84. The molecule has 0 unspecified atom stereocenters. The second-order valence-electron chi connectivity index (χ2n) is 5.10. The van der Waals surface area contributed by atoms with E-state index in [9.17, 15) is 14.4 Å². The summed E-state index contributed by atoms with van der Waals surface area (Å²) in [7, 11) is 0. The number of anilines is 1. The fraction of sp³-hybridized carbons (Fsp3) is 0.167. The fourth-order valence-electron chi connectivity index (χ4n) is 2.10. The molecular weight excluding hydrogens is 294 g/mol. The third kappa shape index (κ3) is 5.39. The minimum absolute atomic E-state index is 0.0558. The second-order valence-corrected chi connectivity index (χ2v) is 5.10. The van der Waals surface area contributed by atoms with Crippen LogP contribution < -0.4 is 5.32 Å². The van der Waals surface area contributed by atoms with Gasteiger partial charge in [0.25, 0.3) is 0 Å². The molecule has 1 amide bonds. The van der Waals surface area contributed by atoms with Crippen LogP contribution in [-0.4, -0.2) is 22.8 Å². The molecule has 0 atom stereocenters. The predicted octanol–water partition coefficient (Wildman–Crippen LogP) is 2.92. The smallest absolute Gasteiger partial charge is 0.307 e. The van der Waals surface area contributed by atoms with Crippen LogP contribution in [0.3, 0.4) is 0 Å². The standard InChI is InChI=1S/C18H17NO4/c20-16(14-4-2-1-3-5-14)10-11-17(21)19-15-8-6-13(7-9-15)12-18(22)23/h1-9H,10-12H2,(H,19,21)(H,22,23). The van der Waals surface area contributed by atoms with Crippen molar-refractivity contribution in [2.24, 2.45) is 0 Å². The van der Waals surface area contributed by atoms with Crippen molar-refractivity contribution in [2.45, 2.75) is 19.3 Å². The van der Waals surface area contributed by atoms with Crippen molar-refractivity contribution in [3.05, 3.63) is 65.7 Å². The molecule has 0 saturated heterocycles. The highest BCUT2D eigenvalue weighted by Gasteiger charge is 2.09. The van der Waals surface area contributed by atoms with E-state index in [4.69, 9.17) is 5.11 Å². The number of aliphatic carboxylic acids is 1. The van der Waals surface area contributed by atoms with E-state index in [0.29, 0.717) is 16.8 Å². The highest BCUT2D eigenvalue weighted by molar-refractivity contribution is 5.99. The molecule has 0 radical (unpaired) electrons. The lowest BCUT2D eigenvalue weighted by atomic mass is 10.1. The molecule has 2 aromatic carbocycles. The van der Waals surface area contributed by atoms with E-state index < -0.39 is 5.97 Å². The summed E-state index contributed by atoms with van der Waals surface area (Å²) in [6.07, 6.45) is 0.192. The first-order valence-electron chi connectivity index (χ1n) is 7.23. The Hall–Kier alpha value is -2.95. The molecule has 0 saturated carbocycles. The van der Waals surface area contributed by atoms with E-state index in [-0.39, 0.29) is 31.0 Å². The molecule has 23 heavy (non-hydrogen) atoms. The maximum Gasteiger partial charge on any atom is 0.307 e. The topological polar surface area (TPSA) is 83.5 Å². The molecule has 2 N–H and O–H groups in total. The third-order valence-electron chi connectivity index (χ3n) is 3.27. The number of nitrogens with one attached hydrogen (secondary N) is 1. The average molecular weight is 311 g/mol. The monoisotopic (exact) mass is 311 g/mol. The fourth-order valence-corrected chi connectivity index (χ4v) is 2.10. The third-order valence-corrected chi connectivity index (χ3v) is 3.27. The van der Waals surface area contributed by atoms with Gasteiger partial charge in [0.1, 0.15) is 0 Å². The summed E-state index contributed by atoms with van der Waals surface area (Å²) in [5, 5.41) is 11.4. The number of rotatable bonds is 7. The highest BCUT2D eigenvalue weighted by atomic mass is 16.4. The molecule has 2 aromatic rings. The molecule has 2 rings (SSSR count). The van der Waals surface area contributed by atoms with Crippen molar-refractivity contribution in [2.75, 3.05) is 5.32 Å². The Morgan fingerprint density at radius 3 is 2.13 bits per heavy atom. The molecule has 118 valence electrons. The van der Waals surface area contributed by atoms with E-state index in [1.807, 2.05) is 6.07 Å². The SMILES string of the molecule is O=C(O)Cc1ccc(NC(=O)CCC(=O)c2ccccc2)cc1. The largest absolute Gasteiger partial charge is 0.481 e. The van der Waals surface area contributed by atoms with Crippen LogP contribution in [0.2, 0.25) is 0 Å². The van der Waals surface area contributed by atoms with Gasteiger partial charge in [-0.15, -0.1) is 0 Å². The maximum atomic E-state index is 11.9. The van der Waals surface area contributed by atoms with Crippen LogP contribution in [0.15, 0.2) is 54.6 Å². The Kier molecular flexibility index (Phi) is 5.63. The van der Waals surface area contributed by atoms with Crippen molar-refractivity contribution in [1.82, 2.24) is 0 Å². The van der Waals surface area contributed by atoms with Gasteiger partial charge in [-0.05, 0) is 17.7 Å². The van der Waals surface area contributed by atoms with Crippen molar-refractivity contribution >= 4 is 23.3 Å². The first-order valence-corrected chi connectivity index (χ1v) is 7.23. The predicted molar refractivity (Wildman–Crippen MR) is 86.4 cm³/mol. The van der Waals surface area contributed by atoms with E-state index in [2.05, 4.69) is 5.32 Å². The minimum atomic E-state index is -0.902. The summed E-state index contributed by atoms with van der Waals surface area (Å²) < 4.78 is 0. The summed E-state index contributed by atoms with van der Waals surface area (Å²) >= 11 is 0. The molecule has 0 aliphatic rings. The van der Waals surface area contributed by atoms with Crippen molar-refractivity contribution < 1.29 is 19.5 Å². The number of amides is 1. The molecule has 0 bridgehead atoms. The summed E-state index contributed by atoms with van der Waals surface area (Å²) in [4.78, 5) is 34.4. The van der Waals surface area contributed by atoms with Crippen molar-refractivity contribution in [1.29, 1.82) is 0 Å². The van der Waals surface area contributed by atoms with Crippen LogP contribution in [0.4, 0.5) is 5.69 Å². The number of carboxylic acid groups (broad SMARTS) is 1. The van der Waals surface area contributed by atoms with Gasteiger partial charge in [-0.3, -0.25) is 14.4 Å². The van der Waals surface area contributed by atoms with Crippen molar-refractivity contribution in [3.63, 3.8) is 0 Å². The lowest BCUT2D eigenvalue weighted by molar-refractivity contribution is -0.136. The Morgan fingerprint density at radius 1 is 0.870 bits per heavy atom. The quantitative estimate of drug-likeness (QED) is 0.770. The lowest BCUT2D eigenvalue weighted by Gasteiger charge is -2.06. The molecule has 0 aliphatic carbocycles. The number of benzene rings is 2. The van der Waals surface area contributed by atoms with Gasteiger partial charge in [0.2, 0.25) is 5.91 Å². The van der Waals surface area contributed by atoms with Gasteiger partial charge in [-0.1, -0.05) is 42.5 Å². The van der Waals surface area contributed by atoms with Gasteiger partial charge < -0.3 is 10.4 Å². The second kappa shape index (κ2) is 7.89. The van der Waals surface area contributed by atoms with Gasteiger partial charge in [-0.2, -0.15) is 0 Å². The Morgan fingerprint density at radius 2 is 1.52 bits per heavy atom. The van der Waals surface area contributed by atoms with Crippen molar-refractivity contribution in [3.8, 4) is 0 Å². The van der Waals surface area contributed by atoms with Gasteiger partial charge >= 0.3 is 5.97 Å². The zero-order valence-electron chi connectivity index (χ0n) is 12.5. The van der Waals surface area contributed by atoms with Crippen LogP contribution >= 0.6 is 0 Å². The highest BCUT2D eigenvalue weighted by Crippen LogP contribution is 2.12. The lowest BCUT2D eigenvalue weighted by Crippen LogP contribution is -2.13. The zero-order chi connectivity index (χ0) is 16.7. The number of Topliss-reactive ketones (excluding diaryl/α,β-unsaturated/α-hetero) is 1. The number of carboxylic acids is 1. The molecule has 5 heteroatoms. The van der Waals surface area contributed by atoms with Gasteiger partial charge in [0.15, 0.2) is 5.78 Å². The van der Waals surface area contributed by atoms with Gasteiger partial charge in [0, 0.05) is 24.1 Å². The van der Waals surface area contributed by atoms with E-state index in [0.717, 1.165) is 0 Å². The molecule has 0 fully saturated rings. The van der Waals surface area contributed by atoms with Crippen LogP contribution in [0.25, 0.3) is 0 Å². The Labute approximate surface area is 134 Å². The van der Waals surface area contributed by atoms with E-state index in [1.54, 1.807) is 48.5 Å². The molecule has 0 aromatic heterocycles. The molecule has 0 aliphatic heterocycles. The Balaban J connectivity index is 1.83. The number of hydrogen-bond acceptors (Lipinski definition) is 3. The van der Waals surface area contributed by atoms with E-state index >= 15 is 0 Å². The molecule has 0 heterocycles. The number of hydrogen-bond donors (Lipinski definition) is 2. The van der Waals surface area contributed by atoms with Crippen LogP contribution in [0, 0.1) is 0 Å². The number of carbonyl (C=O) groups is 3. The van der Waals surface area contributed by atoms with Gasteiger partial charge in [-0.25, -0.2) is 0 Å². The zero-order valence-corrected chi connectivity index (χ0v) is 12.5. The summed E-state index contributed by atoms with van der Waals surface area (Å²) in [6, 6.07) is 15.4. The first-order chi connectivity index (χ1) is 11.0. The molecular formula is C18H17NO4. The minimum Gasteiger partial charge on any atom is -0.481 e. The van der Waals surface area contributed by atoms with Crippen LogP contribution in [0.5, 0.6) is 0 Å². The summed E-state index contributed by atoms with van der Waals surface area (Å²) in [6.45, 7) is 0. The van der Waals surface area contributed by atoms with E-state index in [1.165, 1.54) is 0 Å². The number of ketones is 1. The molecule has 5 nitrogen and oxygen atoms in total. The number of carbonyl (C=O) groups excluding carboxylic acids is 2. The summed E-state index contributed by atoms with van der Waals surface area (Å²) in [5.74, 6) is -1.22. The van der Waals surface area contributed by atoms with Crippen LogP contribution in [-0.2, 0) is 16.0 Å². The van der Waals surface area contributed by atoms with Gasteiger partial charge in [0.05, 0.1) is 6.42 Å².